The van der Waals surface area contributed by atoms with Crippen molar-refractivity contribution in [3.63, 3.8) is 0 Å². The summed E-state index contributed by atoms with van der Waals surface area (Å²) in [6, 6.07) is 7.54. The predicted molar refractivity (Wildman–Crippen MR) is 77.9 cm³/mol. The van der Waals surface area contributed by atoms with Gasteiger partial charge in [0.05, 0.1) is 5.02 Å². The Balaban J connectivity index is 2.33. The maximum atomic E-state index is 13.9. The summed E-state index contributed by atoms with van der Waals surface area (Å²) >= 11 is 5.64. The normalized spacial score (nSPS) is 12.4. The van der Waals surface area contributed by atoms with Crippen molar-refractivity contribution in [1.29, 1.82) is 0 Å². The molecule has 0 saturated heterocycles. The third kappa shape index (κ3) is 3.77. The summed E-state index contributed by atoms with van der Waals surface area (Å²) < 4.78 is 41.3. The number of rotatable bonds is 5. The molecule has 21 heavy (non-hydrogen) atoms. The van der Waals surface area contributed by atoms with E-state index in [1.54, 1.807) is 6.07 Å². The molecule has 0 aliphatic rings. The first-order valence-corrected chi connectivity index (χ1v) is 7.02. The van der Waals surface area contributed by atoms with E-state index in [9.17, 15) is 13.2 Å². The lowest BCUT2D eigenvalue weighted by Crippen LogP contribution is -2.25. The molecule has 0 saturated carbocycles. The maximum Gasteiger partial charge on any atom is 0.142 e. The Bertz CT molecular complexity index is 611. The van der Waals surface area contributed by atoms with E-state index in [0.717, 1.165) is 0 Å². The number of benzene rings is 2. The second kappa shape index (κ2) is 6.96. The van der Waals surface area contributed by atoms with E-state index >= 15 is 0 Å². The Labute approximate surface area is 126 Å². The fraction of sp³-hybridized carbons (Fsp3) is 0.250. The molecule has 1 atom stereocenters. The van der Waals surface area contributed by atoms with E-state index in [1.807, 2.05) is 6.92 Å². The van der Waals surface area contributed by atoms with Crippen molar-refractivity contribution in [2.45, 2.75) is 19.4 Å². The lowest BCUT2D eigenvalue weighted by atomic mass is 9.97. The van der Waals surface area contributed by atoms with Crippen LogP contribution in [-0.2, 0) is 6.42 Å². The molecule has 2 aromatic carbocycles. The average Bonchev–Trinajstić information content (AvgIpc) is 2.43. The zero-order valence-electron chi connectivity index (χ0n) is 11.5. The van der Waals surface area contributed by atoms with E-state index in [1.165, 1.54) is 30.3 Å². The topological polar surface area (TPSA) is 12.0 Å². The Morgan fingerprint density at radius 3 is 2.29 bits per heavy atom. The van der Waals surface area contributed by atoms with Crippen LogP contribution in [0.25, 0.3) is 0 Å². The molecule has 0 spiro atoms. The van der Waals surface area contributed by atoms with Crippen molar-refractivity contribution in [3.8, 4) is 0 Å². The fourth-order valence-electron chi connectivity index (χ4n) is 2.27. The summed E-state index contributed by atoms with van der Waals surface area (Å²) in [5.74, 6) is -1.77. The largest absolute Gasteiger partial charge is 0.310 e. The van der Waals surface area contributed by atoms with Crippen LogP contribution < -0.4 is 5.32 Å². The highest BCUT2D eigenvalue weighted by molar-refractivity contribution is 6.30. The number of hydrogen-bond acceptors (Lipinski definition) is 1. The standard InChI is InChI=1S/C16H15ClF3N/c1-2-21-15(16-12(18)4-3-5-13(16)19)9-10-6-7-11(17)14(20)8-10/h3-8,15,21H,2,9H2,1H3. The third-order valence-corrected chi connectivity index (χ3v) is 3.53. The highest BCUT2D eigenvalue weighted by atomic mass is 35.5. The molecule has 0 heterocycles. The Morgan fingerprint density at radius 2 is 1.71 bits per heavy atom. The van der Waals surface area contributed by atoms with Gasteiger partial charge < -0.3 is 5.32 Å². The Kier molecular flexibility index (Phi) is 5.26. The van der Waals surface area contributed by atoms with Crippen molar-refractivity contribution < 1.29 is 13.2 Å². The molecule has 1 N–H and O–H groups in total. The average molecular weight is 314 g/mol. The maximum absolute atomic E-state index is 13.9. The molecule has 0 aromatic heterocycles. The molecule has 2 rings (SSSR count). The third-order valence-electron chi connectivity index (χ3n) is 3.22. The van der Waals surface area contributed by atoms with Gasteiger partial charge in [0.2, 0.25) is 0 Å². The molecule has 0 bridgehead atoms. The fourth-order valence-corrected chi connectivity index (χ4v) is 2.39. The van der Waals surface area contributed by atoms with E-state index in [-0.39, 0.29) is 17.0 Å². The summed E-state index contributed by atoms with van der Waals surface area (Å²) in [7, 11) is 0. The first-order valence-electron chi connectivity index (χ1n) is 6.64. The summed E-state index contributed by atoms with van der Waals surface area (Å²) in [6.45, 7) is 2.38. The number of nitrogens with one attached hydrogen (secondary N) is 1. The van der Waals surface area contributed by atoms with Gasteiger partial charge in [0.1, 0.15) is 17.5 Å². The zero-order chi connectivity index (χ0) is 15.4. The molecule has 0 aliphatic carbocycles. The minimum Gasteiger partial charge on any atom is -0.310 e. The van der Waals surface area contributed by atoms with Gasteiger partial charge in [-0.2, -0.15) is 0 Å². The van der Waals surface area contributed by atoms with E-state index in [2.05, 4.69) is 5.32 Å². The quantitative estimate of drug-likeness (QED) is 0.847. The summed E-state index contributed by atoms with van der Waals surface area (Å²) in [4.78, 5) is 0. The molecule has 5 heteroatoms. The lowest BCUT2D eigenvalue weighted by molar-refractivity contribution is 0.472. The minimum atomic E-state index is -0.615. The summed E-state index contributed by atoms with van der Waals surface area (Å²) in [6.07, 6.45) is 0.264. The lowest BCUT2D eigenvalue weighted by Gasteiger charge is -2.20. The second-order valence-electron chi connectivity index (χ2n) is 4.70. The van der Waals surface area contributed by atoms with Crippen LogP contribution in [0.15, 0.2) is 36.4 Å². The Hall–Kier alpha value is -1.52. The van der Waals surface area contributed by atoms with Gasteiger partial charge in [-0.05, 0) is 42.8 Å². The van der Waals surface area contributed by atoms with Crippen LogP contribution in [0.4, 0.5) is 13.2 Å². The van der Waals surface area contributed by atoms with Crippen LogP contribution in [0.2, 0.25) is 5.02 Å². The number of likely N-dealkylation sites (N-methyl/N-ethyl adjacent to an activating group) is 1. The molecule has 1 unspecified atom stereocenters. The first-order chi connectivity index (χ1) is 10.0. The van der Waals surface area contributed by atoms with Crippen molar-refractivity contribution in [2.75, 3.05) is 6.54 Å². The van der Waals surface area contributed by atoms with Crippen molar-refractivity contribution in [2.24, 2.45) is 0 Å². The van der Waals surface area contributed by atoms with Gasteiger partial charge in [0.25, 0.3) is 0 Å². The smallest absolute Gasteiger partial charge is 0.142 e. The highest BCUT2D eigenvalue weighted by Crippen LogP contribution is 2.25. The van der Waals surface area contributed by atoms with Crippen LogP contribution in [0, 0.1) is 17.5 Å². The minimum absolute atomic E-state index is 0.0239. The van der Waals surface area contributed by atoms with Crippen LogP contribution in [0.3, 0.4) is 0 Å². The second-order valence-corrected chi connectivity index (χ2v) is 5.11. The van der Waals surface area contributed by atoms with Gasteiger partial charge in [0, 0.05) is 11.6 Å². The van der Waals surface area contributed by atoms with Gasteiger partial charge in [-0.25, -0.2) is 13.2 Å². The van der Waals surface area contributed by atoms with Crippen molar-refractivity contribution >= 4 is 11.6 Å². The summed E-state index contributed by atoms with van der Waals surface area (Å²) in [5.41, 5.74) is 0.584. The SMILES string of the molecule is CCNC(Cc1ccc(Cl)c(F)c1)c1c(F)cccc1F. The van der Waals surface area contributed by atoms with Crippen LogP contribution in [0.5, 0.6) is 0 Å². The molecular formula is C16H15ClF3N. The molecule has 0 fully saturated rings. The monoisotopic (exact) mass is 313 g/mol. The molecule has 0 amide bonds. The number of hydrogen-bond donors (Lipinski definition) is 1. The van der Waals surface area contributed by atoms with E-state index in [0.29, 0.717) is 12.1 Å². The predicted octanol–water partition coefficient (Wildman–Crippen LogP) is 4.65. The highest BCUT2D eigenvalue weighted by Gasteiger charge is 2.20. The van der Waals surface area contributed by atoms with Crippen LogP contribution in [0.1, 0.15) is 24.1 Å². The van der Waals surface area contributed by atoms with E-state index in [4.69, 9.17) is 11.6 Å². The molecular weight excluding hydrogens is 299 g/mol. The first kappa shape index (κ1) is 15.9. The molecule has 2 aromatic rings. The molecule has 0 aliphatic heterocycles. The number of halogens is 4. The van der Waals surface area contributed by atoms with Gasteiger partial charge >= 0.3 is 0 Å². The van der Waals surface area contributed by atoms with Crippen molar-refractivity contribution in [1.82, 2.24) is 5.32 Å². The molecule has 112 valence electrons. The van der Waals surface area contributed by atoms with Crippen LogP contribution >= 0.6 is 11.6 Å². The van der Waals surface area contributed by atoms with E-state index < -0.39 is 23.5 Å². The van der Waals surface area contributed by atoms with Gasteiger partial charge in [-0.1, -0.05) is 30.7 Å². The van der Waals surface area contributed by atoms with Gasteiger partial charge in [-0.15, -0.1) is 0 Å². The van der Waals surface area contributed by atoms with Crippen molar-refractivity contribution in [3.05, 3.63) is 70.0 Å². The van der Waals surface area contributed by atoms with Gasteiger partial charge in [-0.3, -0.25) is 0 Å². The zero-order valence-corrected chi connectivity index (χ0v) is 12.2. The van der Waals surface area contributed by atoms with Gasteiger partial charge in [0.15, 0.2) is 0 Å². The summed E-state index contributed by atoms with van der Waals surface area (Å²) in [5, 5.41) is 3.05. The Morgan fingerprint density at radius 1 is 1.05 bits per heavy atom. The molecule has 1 nitrogen and oxygen atoms in total. The van der Waals surface area contributed by atoms with Crippen LogP contribution in [-0.4, -0.2) is 6.54 Å². The molecule has 0 radical (unpaired) electrons.